The smallest absolute Gasteiger partial charge is 0.410 e. The minimum absolute atomic E-state index is 0.137. The number of hydrogen-bond acceptors (Lipinski definition) is 6. The molecule has 2 aromatic rings. The fourth-order valence-corrected chi connectivity index (χ4v) is 4.55. The summed E-state index contributed by atoms with van der Waals surface area (Å²) in [6.07, 6.45) is 1.21. The molecule has 2 aromatic carbocycles. The molecule has 184 valence electrons. The van der Waals surface area contributed by atoms with Crippen molar-refractivity contribution in [3.8, 4) is 5.75 Å². The van der Waals surface area contributed by atoms with Crippen molar-refractivity contribution in [2.75, 3.05) is 19.6 Å². The number of nitrogens with one attached hydrogen (secondary N) is 3. The number of nitrogens with zero attached hydrogens (tertiary/aromatic N) is 2. The Morgan fingerprint density at radius 1 is 0.914 bits per heavy atom. The quantitative estimate of drug-likeness (QED) is 0.563. The maximum absolute atomic E-state index is 13.0. The number of benzene rings is 2. The molecule has 2 aliphatic rings. The number of hydrogen-bond donors (Lipinski definition) is 3. The zero-order valence-electron chi connectivity index (χ0n) is 18.8. The first-order valence-corrected chi connectivity index (χ1v) is 12.1. The highest BCUT2D eigenvalue weighted by Gasteiger charge is 2.31. The van der Waals surface area contributed by atoms with Crippen LogP contribution in [0.4, 0.5) is 4.79 Å². The van der Waals surface area contributed by atoms with E-state index in [2.05, 4.69) is 21.2 Å². The van der Waals surface area contributed by atoms with Gasteiger partial charge in [0, 0.05) is 25.7 Å². The van der Waals surface area contributed by atoms with Crippen LogP contribution in [0.2, 0.25) is 10.0 Å². The van der Waals surface area contributed by atoms with Crippen molar-refractivity contribution in [3.05, 3.63) is 64.1 Å². The van der Waals surface area contributed by atoms with E-state index in [-0.39, 0.29) is 33.3 Å². The number of carbonyl (C=O) groups is 3. The van der Waals surface area contributed by atoms with E-state index in [1.54, 1.807) is 47.4 Å². The summed E-state index contributed by atoms with van der Waals surface area (Å²) in [5.41, 5.74) is 3.15. The molecule has 0 bridgehead atoms. The van der Waals surface area contributed by atoms with Crippen molar-refractivity contribution in [3.63, 3.8) is 0 Å². The van der Waals surface area contributed by atoms with Gasteiger partial charge in [-0.25, -0.2) is 4.79 Å². The van der Waals surface area contributed by atoms with Crippen LogP contribution in [-0.4, -0.2) is 60.2 Å². The molecule has 0 aliphatic carbocycles. The predicted molar refractivity (Wildman–Crippen MR) is 133 cm³/mol. The van der Waals surface area contributed by atoms with Gasteiger partial charge in [-0.05, 0) is 43.5 Å². The van der Waals surface area contributed by atoms with E-state index in [0.29, 0.717) is 44.6 Å². The Kier molecular flexibility index (Phi) is 8.09. The number of para-hydroxylation sites is 1. The van der Waals surface area contributed by atoms with Crippen molar-refractivity contribution in [1.82, 2.24) is 21.0 Å². The van der Waals surface area contributed by atoms with Crippen molar-refractivity contribution in [2.24, 2.45) is 5.10 Å². The summed E-state index contributed by atoms with van der Waals surface area (Å²) in [6, 6.07) is 13.0. The van der Waals surface area contributed by atoms with E-state index < -0.39 is 18.0 Å². The molecule has 2 heterocycles. The van der Waals surface area contributed by atoms with Crippen LogP contribution in [0.1, 0.15) is 29.6 Å². The second-order valence-corrected chi connectivity index (χ2v) is 9.05. The third-order valence-corrected chi connectivity index (χ3v) is 6.47. The number of ether oxygens (including phenoxy) is 1. The molecule has 11 heteroatoms. The molecule has 9 nitrogen and oxygen atoms in total. The molecule has 1 saturated heterocycles. The van der Waals surface area contributed by atoms with Gasteiger partial charge in [-0.1, -0.05) is 47.5 Å². The van der Waals surface area contributed by atoms with E-state index >= 15 is 0 Å². The standard InChI is InChI=1S/C24H25Cl2N5O4/c25-17-7-4-8-18(26)20(17)22(32)29-19-9-12-27-30-21(19)23(33)28-15-10-13-31(14-11-15)24(34)35-16-5-2-1-3-6-16/h1-8,15,19,27H,9-14H2,(H,28,33)(H,29,32). The highest BCUT2D eigenvalue weighted by Crippen LogP contribution is 2.24. The average Bonchev–Trinajstić information content (AvgIpc) is 2.85. The maximum Gasteiger partial charge on any atom is 0.415 e. The Labute approximate surface area is 212 Å². The third-order valence-electron chi connectivity index (χ3n) is 5.84. The zero-order valence-corrected chi connectivity index (χ0v) is 20.3. The Hall–Kier alpha value is -3.30. The number of carbonyl (C=O) groups excluding carboxylic acids is 3. The minimum Gasteiger partial charge on any atom is -0.410 e. The lowest BCUT2D eigenvalue weighted by atomic mass is 10.0. The fourth-order valence-electron chi connectivity index (χ4n) is 3.98. The molecule has 1 atom stereocenters. The monoisotopic (exact) mass is 517 g/mol. The van der Waals surface area contributed by atoms with Crippen molar-refractivity contribution in [2.45, 2.75) is 31.3 Å². The van der Waals surface area contributed by atoms with Crippen LogP contribution in [-0.2, 0) is 4.79 Å². The summed E-state index contributed by atoms with van der Waals surface area (Å²) in [7, 11) is 0. The molecule has 0 aromatic heterocycles. The van der Waals surface area contributed by atoms with Gasteiger partial charge in [-0.3, -0.25) is 9.59 Å². The molecule has 2 aliphatic heterocycles. The normalized spacial score (nSPS) is 18.2. The molecular formula is C24H25Cl2N5O4. The van der Waals surface area contributed by atoms with Crippen LogP contribution in [0.25, 0.3) is 0 Å². The summed E-state index contributed by atoms with van der Waals surface area (Å²) < 4.78 is 5.38. The van der Waals surface area contributed by atoms with Gasteiger partial charge in [0.15, 0.2) is 0 Å². The number of amides is 3. The highest BCUT2D eigenvalue weighted by molar-refractivity contribution is 6.42. The number of halogens is 2. The van der Waals surface area contributed by atoms with Gasteiger partial charge in [0.25, 0.3) is 11.8 Å². The molecule has 3 amide bonds. The van der Waals surface area contributed by atoms with Gasteiger partial charge in [0.1, 0.15) is 11.5 Å². The molecule has 0 radical (unpaired) electrons. The first-order valence-electron chi connectivity index (χ1n) is 11.3. The molecule has 0 spiro atoms. The lowest BCUT2D eigenvalue weighted by molar-refractivity contribution is -0.116. The van der Waals surface area contributed by atoms with E-state index in [1.807, 2.05) is 6.07 Å². The van der Waals surface area contributed by atoms with Gasteiger partial charge in [-0.2, -0.15) is 5.10 Å². The molecular weight excluding hydrogens is 493 g/mol. The minimum atomic E-state index is -0.600. The van der Waals surface area contributed by atoms with Crippen LogP contribution in [0.3, 0.4) is 0 Å². The number of likely N-dealkylation sites (tertiary alicyclic amines) is 1. The van der Waals surface area contributed by atoms with Crippen LogP contribution < -0.4 is 20.8 Å². The summed E-state index contributed by atoms with van der Waals surface area (Å²) in [4.78, 5) is 39.8. The van der Waals surface area contributed by atoms with Crippen LogP contribution in [0.15, 0.2) is 53.6 Å². The summed E-state index contributed by atoms with van der Waals surface area (Å²) in [6.45, 7) is 1.40. The SMILES string of the molecule is O=C(NC1CCN(C(=O)Oc2ccccc2)CC1)C1=NNCCC1NC(=O)c1c(Cl)cccc1Cl. The Morgan fingerprint density at radius 3 is 2.29 bits per heavy atom. The summed E-state index contributed by atoms with van der Waals surface area (Å²) in [5, 5.41) is 10.4. The number of rotatable bonds is 5. The molecule has 1 fully saturated rings. The van der Waals surface area contributed by atoms with Gasteiger partial charge in [-0.15, -0.1) is 0 Å². The Morgan fingerprint density at radius 2 is 1.60 bits per heavy atom. The first kappa shape index (κ1) is 24.8. The largest absolute Gasteiger partial charge is 0.415 e. The van der Waals surface area contributed by atoms with E-state index in [1.165, 1.54) is 0 Å². The molecule has 0 saturated carbocycles. The van der Waals surface area contributed by atoms with E-state index in [9.17, 15) is 14.4 Å². The second kappa shape index (κ2) is 11.4. The summed E-state index contributed by atoms with van der Waals surface area (Å²) in [5.74, 6) is -0.363. The van der Waals surface area contributed by atoms with Crippen LogP contribution in [0, 0.1) is 0 Å². The lowest BCUT2D eigenvalue weighted by Gasteiger charge is -2.32. The molecule has 3 N–H and O–H groups in total. The van der Waals surface area contributed by atoms with Gasteiger partial charge >= 0.3 is 6.09 Å². The molecule has 1 unspecified atom stereocenters. The number of piperidine rings is 1. The van der Waals surface area contributed by atoms with Gasteiger partial charge in [0.2, 0.25) is 0 Å². The second-order valence-electron chi connectivity index (χ2n) is 8.23. The van der Waals surface area contributed by atoms with Crippen molar-refractivity contribution in [1.29, 1.82) is 0 Å². The highest BCUT2D eigenvalue weighted by atomic mass is 35.5. The predicted octanol–water partition coefficient (Wildman–Crippen LogP) is 3.22. The number of hydrazone groups is 1. The first-order chi connectivity index (χ1) is 16.9. The molecule has 35 heavy (non-hydrogen) atoms. The van der Waals surface area contributed by atoms with Gasteiger partial charge in [0.05, 0.1) is 21.7 Å². The van der Waals surface area contributed by atoms with Gasteiger partial charge < -0.3 is 25.7 Å². The molecule has 4 rings (SSSR count). The fraction of sp³-hybridized carbons (Fsp3) is 0.333. The Bertz CT molecular complexity index is 1100. The third kappa shape index (κ3) is 6.23. The summed E-state index contributed by atoms with van der Waals surface area (Å²) >= 11 is 12.3. The zero-order chi connectivity index (χ0) is 24.8. The van der Waals surface area contributed by atoms with Crippen LogP contribution in [0.5, 0.6) is 5.75 Å². The van der Waals surface area contributed by atoms with Crippen LogP contribution >= 0.6 is 23.2 Å². The van der Waals surface area contributed by atoms with E-state index in [0.717, 1.165) is 0 Å². The topological polar surface area (TPSA) is 112 Å². The maximum atomic E-state index is 13.0. The van der Waals surface area contributed by atoms with Crippen molar-refractivity contribution >= 4 is 46.8 Å². The van der Waals surface area contributed by atoms with Crippen molar-refractivity contribution < 1.29 is 19.1 Å². The average molecular weight is 518 g/mol. The lowest BCUT2D eigenvalue weighted by Crippen LogP contribution is -2.54. The van der Waals surface area contributed by atoms with E-state index in [4.69, 9.17) is 27.9 Å². The Balaban J connectivity index is 1.31.